The molecule has 1 heterocycles. The number of aliphatic imine (C=N–C) groups is 1. The van der Waals surface area contributed by atoms with E-state index in [0.717, 1.165) is 55.7 Å². The van der Waals surface area contributed by atoms with Gasteiger partial charge in [-0.25, -0.2) is 4.99 Å². The largest absolute Gasteiger partial charge is 0.497 e. The van der Waals surface area contributed by atoms with Crippen LogP contribution in [0.5, 0.6) is 5.75 Å². The van der Waals surface area contributed by atoms with E-state index in [2.05, 4.69) is 27.2 Å². The van der Waals surface area contributed by atoms with Crippen molar-refractivity contribution in [2.45, 2.75) is 13.5 Å². The quantitative estimate of drug-likeness (QED) is 0.205. The lowest BCUT2D eigenvalue weighted by Crippen LogP contribution is -2.52. The monoisotopic (exact) mass is 525 g/mol. The molecule has 0 aromatic heterocycles. The molecule has 1 saturated heterocycles. The Kier molecular flexibility index (Phi) is 9.15. The van der Waals surface area contributed by atoms with Crippen LogP contribution in [-0.4, -0.2) is 55.6 Å². The number of nitrogens with one attached hydrogen (secondary N) is 1. The van der Waals surface area contributed by atoms with Gasteiger partial charge in [-0.3, -0.25) is 10.1 Å². The third-order valence-corrected chi connectivity index (χ3v) is 4.89. The summed E-state index contributed by atoms with van der Waals surface area (Å²) in [7, 11) is 1.68. The summed E-state index contributed by atoms with van der Waals surface area (Å²) in [6.07, 6.45) is 0. The Morgan fingerprint density at radius 1 is 1.17 bits per heavy atom. The van der Waals surface area contributed by atoms with E-state index in [1.165, 1.54) is 12.1 Å². The molecule has 162 valence electrons. The minimum atomic E-state index is -0.390. The van der Waals surface area contributed by atoms with Crippen LogP contribution in [0.1, 0.15) is 12.5 Å². The van der Waals surface area contributed by atoms with Crippen LogP contribution in [0.3, 0.4) is 0 Å². The Bertz CT molecular complexity index is 852. The molecule has 9 heteroatoms. The van der Waals surface area contributed by atoms with Crippen LogP contribution in [0.2, 0.25) is 0 Å². The average molecular weight is 525 g/mol. The van der Waals surface area contributed by atoms with Gasteiger partial charge in [0, 0.05) is 56.6 Å². The van der Waals surface area contributed by atoms with Gasteiger partial charge in [-0.1, -0.05) is 18.2 Å². The van der Waals surface area contributed by atoms with Crippen molar-refractivity contribution in [2.24, 2.45) is 4.99 Å². The summed E-state index contributed by atoms with van der Waals surface area (Å²) in [4.78, 5) is 19.7. The Labute approximate surface area is 194 Å². The van der Waals surface area contributed by atoms with E-state index in [-0.39, 0.29) is 34.6 Å². The number of nitro benzene ring substituents is 1. The first-order valence-electron chi connectivity index (χ1n) is 9.76. The second-order valence-corrected chi connectivity index (χ2v) is 6.77. The molecule has 0 aliphatic carbocycles. The van der Waals surface area contributed by atoms with Crippen molar-refractivity contribution in [1.82, 2.24) is 10.2 Å². The van der Waals surface area contributed by atoms with Crippen LogP contribution in [0.15, 0.2) is 53.5 Å². The number of hydrogen-bond acceptors (Lipinski definition) is 5. The SMILES string of the molecule is CCNC(=NCc1ccc([N+](=O)[O-])cc1)N1CCN(c2cccc(OC)c2)CC1.I. The molecule has 0 unspecified atom stereocenters. The highest BCUT2D eigenvalue weighted by Crippen LogP contribution is 2.22. The maximum Gasteiger partial charge on any atom is 0.269 e. The number of anilines is 1. The summed E-state index contributed by atoms with van der Waals surface area (Å²) in [5, 5.41) is 14.1. The van der Waals surface area contributed by atoms with Gasteiger partial charge in [0.15, 0.2) is 5.96 Å². The summed E-state index contributed by atoms with van der Waals surface area (Å²) >= 11 is 0. The molecule has 0 radical (unpaired) electrons. The van der Waals surface area contributed by atoms with Crippen LogP contribution in [0.4, 0.5) is 11.4 Å². The van der Waals surface area contributed by atoms with Gasteiger partial charge in [-0.15, -0.1) is 24.0 Å². The molecule has 3 rings (SSSR count). The Hall–Kier alpha value is -2.56. The fourth-order valence-electron chi connectivity index (χ4n) is 3.30. The van der Waals surface area contributed by atoms with Crippen molar-refractivity contribution in [3.63, 3.8) is 0 Å². The second-order valence-electron chi connectivity index (χ2n) is 6.77. The van der Waals surface area contributed by atoms with Gasteiger partial charge >= 0.3 is 0 Å². The number of guanidine groups is 1. The zero-order valence-corrected chi connectivity index (χ0v) is 19.6. The lowest BCUT2D eigenvalue weighted by atomic mass is 10.2. The van der Waals surface area contributed by atoms with E-state index in [9.17, 15) is 10.1 Å². The van der Waals surface area contributed by atoms with E-state index < -0.39 is 0 Å². The lowest BCUT2D eigenvalue weighted by molar-refractivity contribution is -0.384. The maximum atomic E-state index is 10.8. The number of non-ortho nitro benzene ring substituents is 1. The summed E-state index contributed by atoms with van der Waals surface area (Å²) in [5.74, 6) is 1.74. The van der Waals surface area contributed by atoms with Gasteiger partial charge in [0.05, 0.1) is 18.6 Å². The van der Waals surface area contributed by atoms with E-state index in [1.807, 2.05) is 19.1 Å². The number of ether oxygens (including phenoxy) is 1. The molecule has 0 spiro atoms. The molecule has 1 fully saturated rings. The number of nitro groups is 1. The standard InChI is InChI=1S/C21H27N5O3.HI/c1-3-22-21(23-16-17-7-9-18(10-8-17)26(27)28)25-13-11-24(12-14-25)19-5-4-6-20(15-19)29-2;/h4-10,15H,3,11-14,16H2,1-2H3,(H,22,23);1H. The van der Waals surface area contributed by atoms with Gasteiger partial charge in [-0.05, 0) is 24.6 Å². The highest BCUT2D eigenvalue weighted by Gasteiger charge is 2.20. The zero-order chi connectivity index (χ0) is 20.6. The number of benzene rings is 2. The minimum absolute atomic E-state index is 0. The van der Waals surface area contributed by atoms with Crippen LogP contribution < -0.4 is 15.0 Å². The average Bonchev–Trinajstić information content (AvgIpc) is 2.77. The molecule has 2 aromatic carbocycles. The Morgan fingerprint density at radius 2 is 1.87 bits per heavy atom. The molecular formula is C21H28IN5O3. The second kappa shape index (κ2) is 11.6. The molecule has 1 aliphatic rings. The van der Waals surface area contributed by atoms with Gasteiger partial charge in [-0.2, -0.15) is 0 Å². The topological polar surface area (TPSA) is 83.2 Å². The van der Waals surface area contributed by atoms with Crippen molar-refractivity contribution in [3.05, 3.63) is 64.2 Å². The molecule has 0 amide bonds. The fraction of sp³-hybridized carbons (Fsp3) is 0.381. The van der Waals surface area contributed by atoms with Crippen LogP contribution >= 0.6 is 24.0 Å². The molecular weight excluding hydrogens is 497 g/mol. The first kappa shape index (κ1) is 23.7. The third-order valence-electron chi connectivity index (χ3n) is 4.89. The first-order chi connectivity index (χ1) is 14.1. The van der Waals surface area contributed by atoms with E-state index >= 15 is 0 Å². The molecule has 0 atom stereocenters. The summed E-state index contributed by atoms with van der Waals surface area (Å²) in [6.45, 7) is 6.84. The third kappa shape index (κ3) is 6.22. The highest BCUT2D eigenvalue weighted by atomic mass is 127. The minimum Gasteiger partial charge on any atom is -0.497 e. The van der Waals surface area contributed by atoms with Crippen molar-refractivity contribution >= 4 is 41.3 Å². The van der Waals surface area contributed by atoms with E-state index in [1.54, 1.807) is 19.2 Å². The lowest BCUT2D eigenvalue weighted by Gasteiger charge is -2.37. The summed E-state index contributed by atoms with van der Waals surface area (Å²) in [5.41, 5.74) is 2.20. The van der Waals surface area contributed by atoms with E-state index in [4.69, 9.17) is 9.73 Å². The molecule has 30 heavy (non-hydrogen) atoms. The number of methoxy groups -OCH3 is 1. The van der Waals surface area contributed by atoms with Crippen molar-refractivity contribution in [3.8, 4) is 5.75 Å². The maximum absolute atomic E-state index is 10.8. The van der Waals surface area contributed by atoms with Gasteiger partial charge in [0.25, 0.3) is 5.69 Å². The number of nitrogens with zero attached hydrogens (tertiary/aromatic N) is 4. The van der Waals surface area contributed by atoms with Crippen molar-refractivity contribution in [2.75, 3.05) is 44.7 Å². The summed E-state index contributed by atoms with van der Waals surface area (Å²) in [6, 6.07) is 14.7. The predicted molar refractivity (Wildman–Crippen MR) is 130 cm³/mol. The smallest absolute Gasteiger partial charge is 0.269 e. The van der Waals surface area contributed by atoms with Crippen LogP contribution in [0, 0.1) is 10.1 Å². The Morgan fingerprint density at radius 3 is 2.47 bits per heavy atom. The molecule has 1 N–H and O–H groups in total. The predicted octanol–water partition coefficient (Wildman–Crippen LogP) is 3.51. The highest BCUT2D eigenvalue weighted by molar-refractivity contribution is 14.0. The van der Waals surface area contributed by atoms with Gasteiger partial charge in [0.1, 0.15) is 5.75 Å². The number of halogens is 1. The van der Waals surface area contributed by atoms with Crippen molar-refractivity contribution in [1.29, 1.82) is 0 Å². The van der Waals surface area contributed by atoms with Crippen LogP contribution in [0.25, 0.3) is 0 Å². The molecule has 2 aromatic rings. The number of piperazine rings is 1. The summed E-state index contributed by atoms with van der Waals surface area (Å²) < 4.78 is 5.33. The fourth-order valence-corrected chi connectivity index (χ4v) is 3.30. The van der Waals surface area contributed by atoms with Gasteiger partial charge in [0.2, 0.25) is 0 Å². The van der Waals surface area contributed by atoms with Crippen molar-refractivity contribution < 1.29 is 9.66 Å². The first-order valence-corrected chi connectivity index (χ1v) is 9.76. The van der Waals surface area contributed by atoms with Crippen LogP contribution in [-0.2, 0) is 6.54 Å². The normalized spacial score (nSPS) is 14.1. The molecule has 0 bridgehead atoms. The molecule has 8 nitrogen and oxygen atoms in total. The van der Waals surface area contributed by atoms with Gasteiger partial charge < -0.3 is 19.9 Å². The molecule has 0 saturated carbocycles. The number of hydrogen-bond donors (Lipinski definition) is 1. The van der Waals surface area contributed by atoms with E-state index in [0.29, 0.717) is 6.54 Å². The molecule has 1 aliphatic heterocycles. The zero-order valence-electron chi connectivity index (χ0n) is 17.3. The Balaban J connectivity index is 0.00000320. The number of rotatable bonds is 6.